The van der Waals surface area contributed by atoms with Gasteiger partial charge in [0.15, 0.2) is 0 Å². The summed E-state index contributed by atoms with van der Waals surface area (Å²) in [6, 6.07) is 9.39. The quantitative estimate of drug-likeness (QED) is 0.260. The van der Waals surface area contributed by atoms with E-state index in [0.29, 0.717) is 17.9 Å². The molecule has 0 spiro atoms. The highest BCUT2D eigenvalue weighted by atomic mass is 32.2. The maximum atomic E-state index is 12.1. The summed E-state index contributed by atoms with van der Waals surface area (Å²) in [6.45, 7) is 5.60. The van der Waals surface area contributed by atoms with Crippen molar-refractivity contribution in [3.63, 3.8) is 0 Å². The van der Waals surface area contributed by atoms with E-state index in [2.05, 4.69) is 27.3 Å². The molecule has 3 amide bonds. The Labute approximate surface area is 177 Å². The minimum atomic E-state index is -0.818. The van der Waals surface area contributed by atoms with E-state index in [0.717, 1.165) is 15.4 Å². The Balaban J connectivity index is 1.68. The van der Waals surface area contributed by atoms with Crippen LogP contribution in [0.15, 0.2) is 75.2 Å². The second-order valence-electron chi connectivity index (χ2n) is 6.20. The minimum absolute atomic E-state index is 0.0493. The average molecular weight is 424 g/mol. The second-order valence-corrected chi connectivity index (χ2v) is 7.32. The number of rotatable bonds is 8. The maximum Gasteiger partial charge on any atom is 0.322 e. The number of urea groups is 1. The molecule has 0 saturated carbocycles. The number of aliphatic imine (C=N–C) groups is 1. The highest BCUT2D eigenvalue weighted by molar-refractivity contribution is 8.03. The van der Waals surface area contributed by atoms with Gasteiger partial charge in [0.2, 0.25) is 5.88 Å². The molecule has 3 N–H and O–H groups in total. The molecule has 1 fully saturated rings. The van der Waals surface area contributed by atoms with Gasteiger partial charge in [-0.1, -0.05) is 17.8 Å². The number of nitrogens with one attached hydrogen (secondary N) is 2. The van der Waals surface area contributed by atoms with E-state index >= 15 is 0 Å². The van der Waals surface area contributed by atoms with E-state index in [1.165, 1.54) is 24.2 Å². The van der Waals surface area contributed by atoms with Gasteiger partial charge in [-0.3, -0.25) is 15.1 Å². The first kappa shape index (κ1) is 21.1. The molecule has 0 radical (unpaired) electrons. The first-order valence-electron chi connectivity index (χ1n) is 8.98. The van der Waals surface area contributed by atoms with Crippen LogP contribution in [0.5, 0.6) is 11.6 Å². The molecule has 2 aromatic rings. The molecule has 2 heterocycles. The largest absolute Gasteiger partial charge is 0.493 e. The maximum absolute atomic E-state index is 12.1. The number of carbonyl (C=O) groups is 2. The molecule has 1 saturated heterocycles. The van der Waals surface area contributed by atoms with Gasteiger partial charge in [0.1, 0.15) is 18.4 Å². The van der Waals surface area contributed by atoms with E-state index in [-0.39, 0.29) is 5.88 Å². The smallest absolute Gasteiger partial charge is 0.322 e. The zero-order valence-electron chi connectivity index (χ0n) is 16.2. The van der Waals surface area contributed by atoms with Crippen LogP contribution in [0, 0.1) is 0 Å². The fourth-order valence-electron chi connectivity index (χ4n) is 2.75. The number of imide groups is 1. The van der Waals surface area contributed by atoms with E-state index in [1.807, 2.05) is 37.3 Å². The molecule has 9 heteroatoms. The number of allylic oxidation sites excluding steroid dienone is 1. The van der Waals surface area contributed by atoms with Crippen molar-refractivity contribution in [1.29, 1.82) is 0 Å². The summed E-state index contributed by atoms with van der Waals surface area (Å²) in [6.07, 6.45) is 4.84. The normalized spacial score (nSPS) is 16.8. The van der Waals surface area contributed by atoms with Crippen LogP contribution >= 0.6 is 11.8 Å². The Morgan fingerprint density at radius 2 is 2.10 bits per heavy atom. The first-order valence-corrected chi connectivity index (χ1v) is 9.80. The molecule has 0 aliphatic carbocycles. The summed E-state index contributed by atoms with van der Waals surface area (Å²) in [5.41, 5.74) is 1.36. The summed E-state index contributed by atoms with van der Waals surface area (Å²) in [7, 11) is 0. The lowest BCUT2D eigenvalue weighted by Crippen LogP contribution is -2.31. The van der Waals surface area contributed by atoms with Gasteiger partial charge in [0, 0.05) is 33.8 Å². The van der Waals surface area contributed by atoms with Crippen molar-refractivity contribution < 1.29 is 19.4 Å². The van der Waals surface area contributed by atoms with Crippen LogP contribution in [-0.4, -0.2) is 34.8 Å². The summed E-state index contributed by atoms with van der Waals surface area (Å²) in [5, 5.41) is 14.2. The summed E-state index contributed by atoms with van der Waals surface area (Å²) >= 11 is 1.43. The Morgan fingerprint density at radius 3 is 2.70 bits per heavy atom. The van der Waals surface area contributed by atoms with Gasteiger partial charge in [0.05, 0.1) is 0 Å². The third-order valence-corrected chi connectivity index (χ3v) is 5.33. The predicted molar refractivity (Wildman–Crippen MR) is 114 cm³/mol. The zero-order valence-corrected chi connectivity index (χ0v) is 17.0. The van der Waals surface area contributed by atoms with Gasteiger partial charge in [-0.05, 0) is 49.5 Å². The summed E-state index contributed by atoms with van der Waals surface area (Å²) in [4.78, 5) is 32.7. The SMILES string of the molecule is C=N/C=C(\C(=C/C)Sc1ccc(OCc2ccnc(O)c2)cc1)C1NC(=O)NC1=O. The Hall–Kier alpha value is -3.59. The van der Waals surface area contributed by atoms with Crippen molar-refractivity contribution in [3.05, 3.63) is 70.9 Å². The van der Waals surface area contributed by atoms with Gasteiger partial charge in [-0.25, -0.2) is 9.78 Å². The number of carbonyl (C=O) groups excluding carboxylic acids is 2. The van der Waals surface area contributed by atoms with Gasteiger partial charge >= 0.3 is 6.03 Å². The number of nitrogens with zero attached hydrogens (tertiary/aromatic N) is 2. The number of hydrogen-bond acceptors (Lipinski definition) is 7. The van der Waals surface area contributed by atoms with Gasteiger partial charge in [-0.15, -0.1) is 0 Å². The molecule has 3 rings (SSSR count). The average Bonchev–Trinajstić information content (AvgIpc) is 3.07. The van der Waals surface area contributed by atoms with Crippen LogP contribution in [0.25, 0.3) is 0 Å². The van der Waals surface area contributed by atoms with Crippen LogP contribution in [0.3, 0.4) is 0 Å². The highest BCUT2D eigenvalue weighted by Gasteiger charge is 2.34. The number of hydrogen-bond donors (Lipinski definition) is 3. The molecule has 1 aliphatic rings. The third-order valence-electron chi connectivity index (χ3n) is 4.13. The number of aromatic nitrogens is 1. The second kappa shape index (κ2) is 9.75. The summed E-state index contributed by atoms with van der Waals surface area (Å²) in [5.74, 6) is 0.191. The number of aromatic hydroxyl groups is 1. The van der Waals surface area contributed by atoms with E-state index < -0.39 is 18.0 Å². The van der Waals surface area contributed by atoms with Crippen LogP contribution < -0.4 is 15.4 Å². The topological polar surface area (TPSA) is 113 Å². The Bertz CT molecular complexity index is 1020. The molecule has 1 unspecified atom stereocenters. The number of ether oxygens (including phenoxy) is 1. The number of benzene rings is 1. The molecule has 1 aliphatic heterocycles. The molecule has 1 aromatic carbocycles. The minimum Gasteiger partial charge on any atom is -0.493 e. The molecule has 154 valence electrons. The van der Waals surface area contributed by atoms with Crippen LogP contribution in [-0.2, 0) is 11.4 Å². The molecular formula is C21H20N4O4S. The molecule has 30 heavy (non-hydrogen) atoms. The van der Waals surface area contributed by atoms with E-state index in [9.17, 15) is 14.7 Å². The van der Waals surface area contributed by atoms with Crippen LogP contribution in [0.4, 0.5) is 4.79 Å². The highest BCUT2D eigenvalue weighted by Crippen LogP contribution is 2.34. The lowest BCUT2D eigenvalue weighted by atomic mass is 10.1. The van der Waals surface area contributed by atoms with Crippen molar-refractivity contribution in [2.75, 3.05) is 0 Å². The monoisotopic (exact) mass is 424 g/mol. The molecule has 8 nitrogen and oxygen atoms in total. The lowest BCUT2D eigenvalue weighted by molar-refractivity contribution is -0.119. The van der Waals surface area contributed by atoms with Crippen molar-refractivity contribution in [2.24, 2.45) is 4.99 Å². The predicted octanol–water partition coefficient (Wildman–Crippen LogP) is 3.15. The van der Waals surface area contributed by atoms with Gasteiger partial charge in [-0.2, -0.15) is 0 Å². The number of amides is 3. The Kier molecular flexibility index (Phi) is 6.87. The summed E-state index contributed by atoms with van der Waals surface area (Å²) < 4.78 is 5.73. The number of pyridine rings is 1. The lowest BCUT2D eigenvalue weighted by Gasteiger charge is -2.15. The van der Waals surface area contributed by atoms with Gasteiger partial charge in [0.25, 0.3) is 5.91 Å². The van der Waals surface area contributed by atoms with Crippen LogP contribution in [0.2, 0.25) is 0 Å². The molecule has 1 aromatic heterocycles. The molecule has 1 atom stereocenters. The van der Waals surface area contributed by atoms with Crippen molar-refractivity contribution in [2.45, 2.75) is 24.5 Å². The fourth-order valence-corrected chi connectivity index (χ4v) is 3.68. The van der Waals surface area contributed by atoms with Gasteiger partial charge < -0.3 is 15.2 Å². The first-order chi connectivity index (χ1) is 14.5. The van der Waals surface area contributed by atoms with Crippen molar-refractivity contribution in [1.82, 2.24) is 15.6 Å². The van der Waals surface area contributed by atoms with Crippen molar-refractivity contribution in [3.8, 4) is 11.6 Å². The molecule has 0 bridgehead atoms. The third kappa shape index (κ3) is 5.26. The molecular weight excluding hydrogens is 404 g/mol. The van der Waals surface area contributed by atoms with E-state index in [1.54, 1.807) is 12.1 Å². The standard InChI is InChI=1S/C21H20N4O4S/c1-3-17(16(11-22-2)19-20(27)25-21(28)24-19)30-15-6-4-14(5-7-15)29-12-13-8-9-23-18(26)10-13/h3-11,19H,2,12H2,1H3,(H,23,26)(H2,24,25,27,28)/b16-11+,17-3+. The zero-order chi connectivity index (χ0) is 21.5. The van der Waals surface area contributed by atoms with E-state index in [4.69, 9.17) is 4.74 Å². The Morgan fingerprint density at radius 1 is 1.33 bits per heavy atom. The van der Waals surface area contributed by atoms with Crippen LogP contribution in [0.1, 0.15) is 12.5 Å². The fraction of sp³-hybridized carbons (Fsp3) is 0.143. The van der Waals surface area contributed by atoms with Crippen molar-refractivity contribution >= 4 is 30.4 Å². The number of thioether (sulfide) groups is 1.